The number of nitro benzene ring substituents is 1. The molecule has 0 radical (unpaired) electrons. The van der Waals surface area contributed by atoms with Crippen LogP contribution in [-0.4, -0.2) is 74.2 Å². The first-order valence-electron chi connectivity index (χ1n) is 10.5. The molecule has 3 rings (SSSR count). The van der Waals surface area contributed by atoms with Crippen molar-refractivity contribution in [1.29, 1.82) is 0 Å². The van der Waals surface area contributed by atoms with Crippen molar-refractivity contribution in [2.24, 2.45) is 11.8 Å². The topological polar surface area (TPSA) is 180 Å². The van der Waals surface area contributed by atoms with E-state index in [4.69, 9.17) is 4.74 Å². The summed E-state index contributed by atoms with van der Waals surface area (Å²) >= 11 is 1.17. The van der Waals surface area contributed by atoms with E-state index in [1.54, 1.807) is 0 Å². The fourth-order valence-corrected chi connectivity index (χ4v) is 5.43. The van der Waals surface area contributed by atoms with Crippen molar-refractivity contribution in [2.45, 2.75) is 32.1 Å². The van der Waals surface area contributed by atoms with Gasteiger partial charge >= 0.3 is 12.1 Å². The Morgan fingerprint density at radius 2 is 2.00 bits per heavy atom. The predicted octanol–water partition coefficient (Wildman–Crippen LogP) is 1.07. The Balaban J connectivity index is 1.54. The maximum atomic E-state index is 12.4. The quantitative estimate of drug-likeness (QED) is 0.150. The van der Waals surface area contributed by atoms with Crippen molar-refractivity contribution < 1.29 is 39.4 Å². The summed E-state index contributed by atoms with van der Waals surface area (Å²) in [7, 11) is 0. The second kappa shape index (κ2) is 10.8. The van der Waals surface area contributed by atoms with Crippen LogP contribution in [0.2, 0.25) is 0 Å². The number of benzene rings is 1. The highest BCUT2D eigenvalue weighted by Crippen LogP contribution is 2.51. The highest BCUT2D eigenvalue weighted by atomic mass is 32.2. The van der Waals surface area contributed by atoms with Crippen molar-refractivity contribution in [2.75, 3.05) is 18.9 Å². The standard InChI is InChI=1S/C21H25N3O9S/c1-11(26)15-16-14(6-8-25)18(17(20(28)29)23(16)19(15)27)34-9-7-22-21(30)33-10-12-2-4-13(5-3-12)24(31)32/h2-5,11,14-16,25-26H,6-10H2,1H3,(H,22,30)(H,28,29)/t11-,14-,15-,16-/m1/s1. The van der Waals surface area contributed by atoms with Crippen LogP contribution in [0.4, 0.5) is 10.5 Å². The number of amides is 2. The summed E-state index contributed by atoms with van der Waals surface area (Å²) in [4.78, 5) is 48.0. The second-order valence-electron chi connectivity index (χ2n) is 7.88. The van der Waals surface area contributed by atoms with Crippen LogP contribution in [0.5, 0.6) is 0 Å². The Morgan fingerprint density at radius 3 is 2.56 bits per heavy atom. The van der Waals surface area contributed by atoms with Gasteiger partial charge in [-0.15, -0.1) is 11.8 Å². The number of β-lactam (4-membered cyclic amide) rings is 1. The van der Waals surface area contributed by atoms with Gasteiger partial charge in [-0.2, -0.15) is 0 Å². The number of carbonyl (C=O) groups excluding carboxylic acids is 2. The fourth-order valence-electron chi connectivity index (χ4n) is 4.22. The molecule has 2 aliphatic rings. The van der Waals surface area contributed by atoms with Crippen molar-refractivity contribution in [3.8, 4) is 0 Å². The molecule has 184 valence electrons. The maximum absolute atomic E-state index is 12.4. The third-order valence-corrected chi connectivity index (χ3v) is 6.94. The predicted molar refractivity (Wildman–Crippen MR) is 119 cm³/mol. The number of ether oxygens (including phenoxy) is 1. The van der Waals surface area contributed by atoms with E-state index < -0.39 is 46.9 Å². The number of alkyl carbamates (subject to hydrolysis) is 1. The van der Waals surface area contributed by atoms with Gasteiger partial charge in [0.2, 0.25) is 5.91 Å². The highest BCUT2D eigenvalue weighted by molar-refractivity contribution is 8.03. The van der Waals surface area contributed by atoms with Gasteiger partial charge < -0.3 is 30.3 Å². The molecule has 0 saturated carbocycles. The summed E-state index contributed by atoms with van der Waals surface area (Å²) in [6, 6.07) is 5.05. The molecule has 1 fully saturated rings. The number of carboxylic acids is 1. The molecular weight excluding hydrogens is 470 g/mol. The third-order valence-electron chi connectivity index (χ3n) is 5.72. The van der Waals surface area contributed by atoms with Crippen molar-refractivity contribution >= 4 is 35.4 Å². The molecule has 0 aliphatic carbocycles. The van der Waals surface area contributed by atoms with Gasteiger partial charge in [0.1, 0.15) is 12.3 Å². The molecule has 4 N–H and O–H groups in total. The zero-order chi connectivity index (χ0) is 25.0. The number of aliphatic hydroxyl groups excluding tert-OH is 2. The zero-order valence-electron chi connectivity index (χ0n) is 18.2. The lowest BCUT2D eigenvalue weighted by Gasteiger charge is -2.46. The minimum atomic E-state index is -1.26. The van der Waals surface area contributed by atoms with Gasteiger partial charge in [-0.1, -0.05) is 0 Å². The number of aliphatic hydroxyl groups is 2. The molecule has 0 spiro atoms. The molecule has 1 saturated heterocycles. The summed E-state index contributed by atoms with van der Waals surface area (Å²) in [5.41, 5.74) is 0.361. The second-order valence-corrected chi connectivity index (χ2v) is 9.01. The lowest BCUT2D eigenvalue weighted by molar-refractivity contribution is -0.384. The average molecular weight is 496 g/mol. The first kappa shape index (κ1) is 25.5. The number of hydrogen-bond donors (Lipinski definition) is 4. The summed E-state index contributed by atoms with van der Waals surface area (Å²) in [6.45, 7) is 1.33. The van der Waals surface area contributed by atoms with Crippen LogP contribution in [0.3, 0.4) is 0 Å². The minimum Gasteiger partial charge on any atom is -0.477 e. The van der Waals surface area contributed by atoms with Crippen LogP contribution in [0.15, 0.2) is 34.9 Å². The molecule has 1 aromatic carbocycles. The van der Waals surface area contributed by atoms with Crippen molar-refractivity contribution in [3.63, 3.8) is 0 Å². The van der Waals surface area contributed by atoms with Gasteiger partial charge in [0.25, 0.3) is 5.69 Å². The molecule has 4 atom stereocenters. The number of nitro groups is 1. The van der Waals surface area contributed by atoms with Gasteiger partial charge in [0.15, 0.2) is 0 Å². The van der Waals surface area contributed by atoms with E-state index >= 15 is 0 Å². The molecule has 2 aliphatic heterocycles. The summed E-state index contributed by atoms with van der Waals surface area (Å²) in [6.07, 6.45) is -1.42. The monoisotopic (exact) mass is 495 g/mol. The highest BCUT2D eigenvalue weighted by Gasteiger charge is 2.60. The van der Waals surface area contributed by atoms with Crippen LogP contribution in [0.1, 0.15) is 18.9 Å². The largest absolute Gasteiger partial charge is 0.477 e. The third kappa shape index (κ3) is 5.16. The Kier molecular flexibility index (Phi) is 8.12. The van der Waals surface area contributed by atoms with E-state index in [1.165, 1.54) is 47.9 Å². The lowest BCUT2D eigenvalue weighted by Crippen LogP contribution is -2.64. The fraction of sp³-hybridized carbons (Fsp3) is 0.476. The van der Waals surface area contributed by atoms with Crippen LogP contribution >= 0.6 is 11.8 Å². The number of fused-ring (bicyclic) bond motifs is 1. The van der Waals surface area contributed by atoms with Gasteiger partial charge in [-0.25, -0.2) is 9.59 Å². The number of nitrogens with one attached hydrogen (secondary N) is 1. The van der Waals surface area contributed by atoms with Crippen LogP contribution in [0, 0.1) is 22.0 Å². The molecule has 0 unspecified atom stereocenters. The number of rotatable bonds is 11. The van der Waals surface area contributed by atoms with Gasteiger partial charge in [-0.05, 0) is 31.0 Å². The molecule has 13 heteroatoms. The molecule has 12 nitrogen and oxygen atoms in total. The first-order valence-corrected chi connectivity index (χ1v) is 11.5. The molecular formula is C21H25N3O9S. The first-order chi connectivity index (χ1) is 16.2. The van der Waals surface area contributed by atoms with Crippen LogP contribution in [0.25, 0.3) is 0 Å². The van der Waals surface area contributed by atoms with E-state index in [0.29, 0.717) is 10.5 Å². The van der Waals surface area contributed by atoms with Crippen molar-refractivity contribution in [3.05, 3.63) is 50.5 Å². The normalized spacial score (nSPS) is 22.1. The Bertz CT molecular complexity index is 996. The van der Waals surface area contributed by atoms with Gasteiger partial charge in [-0.3, -0.25) is 14.9 Å². The molecule has 0 bridgehead atoms. The van der Waals surface area contributed by atoms with Crippen LogP contribution < -0.4 is 5.32 Å². The van der Waals surface area contributed by atoms with Crippen LogP contribution in [-0.2, 0) is 20.9 Å². The number of thioether (sulfide) groups is 1. The number of aliphatic carboxylic acids is 1. The number of nitrogens with zero attached hydrogens (tertiary/aromatic N) is 2. The number of non-ortho nitro benzene ring substituents is 1. The average Bonchev–Trinajstić information content (AvgIpc) is 3.05. The molecule has 0 aromatic heterocycles. The molecule has 34 heavy (non-hydrogen) atoms. The van der Waals surface area contributed by atoms with E-state index in [1.807, 2.05) is 0 Å². The summed E-state index contributed by atoms with van der Waals surface area (Å²) in [5, 5.41) is 42.3. The number of hydrogen-bond acceptors (Lipinski definition) is 9. The van der Waals surface area contributed by atoms with E-state index in [9.17, 15) is 39.8 Å². The Morgan fingerprint density at radius 1 is 1.32 bits per heavy atom. The molecule has 1 aromatic rings. The zero-order valence-corrected chi connectivity index (χ0v) is 19.1. The van der Waals surface area contributed by atoms with Crippen molar-refractivity contribution in [1.82, 2.24) is 10.2 Å². The number of carbonyl (C=O) groups is 3. The lowest BCUT2D eigenvalue weighted by atomic mass is 9.77. The molecule has 2 heterocycles. The minimum absolute atomic E-state index is 0.0714. The van der Waals surface area contributed by atoms with E-state index in [0.717, 1.165) is 0 Å². The smallest absolute Gasteiger partial charge is 0.407 e. The van der Waals surface area contributed by atoms with Gasteiger partial charge in [0, 0.05) is 41.9 Å². The summed E-state index contributed by atoms with van der Waals surface area (Å²) < 4.78 is 5.07. The van der Waals surface area contributed by atoms with E-state index in [-0.39, 0.29) is 43.3 Å². The maximum Gasteiger partial charge on any atom is 0.407 e. The Labute approximate surface area is 198 Å². The number of carboxylic acid groups (broad SMARTS) is 1. The molecule has 2 amide bonds. The SMILES string of the molecule is C[C@@H](O)[C@H]1C(=O)N2C(C(=O)O)=C(SCCNC(=O)OCc3ccc([N+](=O)[O-])cc3)[C@H](CCO)[C@H]12. The van der Waals surface area contributed by atoms with Gasteiger partial charge in [0.05, 0.1) is 23.0 Å². The summed E-state index contributed by atoms with van der Waals surface area (Å²) in [5.74, 6) is -2.58. The van der Waals surface area contributed by atoms with E-state index in [2.05, 4.69) is 5.32 Å². The Hall–Kier alpha value is -3.16.